The maximum absolute atomic E-state index is 11.2. The maximum Gasteiger partial charge on any atom is 0.307 e. The lowest BCUT2D eigenvalue weighted by Crippen LogP contribution is -2.32. The summed E-state index contributed by atoms with van der Waals surface area (Å²) in [4.78, 5) is 32.9. The van der Waals surface area contributed by atoms with Crippen LogP contribution in [0, 0.1) is 11.8 Å². The zero-order valence-corrected chi connectivity index (χ0v) is 10.7. The first-order chi connectivity index (χ1) is 9.41. The second-order valence-corrected chi connectivity index (χ2v) is 4.51. The summed E-state index contributed by atoms with van der Waals surface area (Å²) < 4.78 is 0. The van der Waals surface area contributed by atoms with Crippen LogP contribution in [0.1, 0.15) is 18.4 Å². The second-order valence-electron chi connectivity index (χ2n) is 4.51. The number of carboxylic acid groups (broad SMARTS) is 3. The zero-order valence-electron chi connectivity index (χ0n) is 10.7. The highest BCUT2D eigenvalue weighted by Crippen LogP contribution is 2.23. The molecule has 0 bridgehead atoms. The normalized spacial score (nSPS) is 13.4. The third kappa shape index (κ3) is 4.72. The summed E-state index contributed by atoms with van der Waals surface area (Å²) >= 11 is 0. The molecule has 108 valence electrons. The third-order valence-electron chi connectivity index (χ3n) is 3.10. The van der Waals surface area contributed by atoms with Gasteiger partial charge in [-0.05, 0) is 18.4 Å². The van der Waals surface area contributed by atoms with Crippen molar-refractivity contribution in [2.45, 2.75) is 19.3 Å². The van der Waals surface area contributed by atoms with Gasteiger partial charge in [0.15, 0.2) is 0 Å². The first-order valence-corrected chi connectivity index (χ1v) is 6.13. The van der Waals surface area contributed by atoms with Crippen molar-refractivity contribution < 1.29 is 29.7 Å². The summed E-state index contributed by atoms with van der Waals surface area (Å²) in [6, 6.07) is 9.05. The SMILES string of the molecule is O=C(O)CC(C(=O)O)C(CCc1ccccc1)C(=O)O. The van der Waals surface area contributed by atoms with E-state index in [9.17, 15) is 14.4 Å². The lowest BCUT2D eigenvalue weighted by molar-refractivity contribution is -0.157. The summed E-state index contributed by atoms with van der Waals surface area (Å²) in [5.41, 5.74) is 0.887. The minimum atomic E-state index is -1.42. The molecule has 0 fully saturated rings. The van der Waals surface area contributed by atoms with Crippen LogP contribution in [0.15, 0.2) is 30.3 Å². The molecule has 2 atom stereocenters. The monoisotopic (exact) mass is 280 g/mol. The predicted molar refractivity (Wildman–Crippen MR) is 69.3 cm³/mol. The molecular weight excluding hydrogens is 264 g/mol. The fourth-order valence-electron chi connectivity index (χ4n) is 2.05. The Morgan fingerprint density at radius 3 is 1.90 bits per heavy atom. The van der Waals surface area contributed by atoms with E-state index in [1.54, 1.807) is 12.1 Å². The first kappa shape index (κ1) is 15.7. The molecule has 0 aliphatic heterocycles. The molecule has 0 saturated heterocycles. The predicted octanol–water partition coefficient (Wildman–Crippen LogP) is 1.50. The van der Waals surface area contributed by atoms with Crippen LogP contribution in [0.4, 0.5) is 0 Å². The Bertz CT molecular complexity index is 482. The largest absolute Gasteiger partial charge is 0.481 e. The van der Waals surface area contributed by atoms with Gasteiger partial charge >= 0.3 is 17.9 Å². The van der Waals surface area contributed by atoms with Crippen LogP contribution in [-0.2, 0) is 20.8 Å². The van der Waals surface area contributed by atoms with Crippen LogP contribution < -0.4 is 0 Å². The number of aryl methyl sites for hydroxylation is 1. The van der Waals surface area contributed by atoms with Gasteiger partial charge in [0.05, 0.1) is 18.3 Å². The van der Waals surface area contributed by atoms with E-state index in [0.29, 0.717) is 6.42 Å². The smallest absolute Gasteiger partial charge is 0.307 e. The van der Waals surface area contributed by atoms with Crippen molar-refractivity contribution in [1.82, 2.24) is 0 Å². The molecule has 3 N–H and O–H groups in total. The molecule has 20 heavy (non-hydrogen) atoms. The summed E-state index contributed by atoms with van der Waals surface area (Å²) in [6.45, 7) is 0. The molecule has 0 aliphatic carbocycles. The molecule has 1 rings (SSSR count). The number of benzene rings is 1. The maximum atomic E-state index is 11.2. The lowest BCUT2D eigenvalue weighted by atomic mass is 9.85. The lowest BCUT2D eigenvalue weighted by Gasteiger charge is -2.18. The van der Waals surface area contributed by atoms with Crippen LogP contribution in [0.2, 0.25) is 0 Å². The van der Waals surface area contributed by atoms with Crippen LogP contribution in [0.5, 0.6) is 0 Å². The van der Waals surface area contributed by atoms with Gasteiger partial charge in [0.2, 0.25) is 0 Å². The Kier molecular flexibility index (Phi) is 5.71. The molecule has 0 aliphatic rings. The minimum absolute atomic E-state index is 0.0869. The zero-order chi connectivity index (χ0) is 15.1. The van der Waals surface area contributed by atoms with Crippen molar-refractivity contribution in [3.05, 3.63) is 35.9 Å². The number of carboxylic acids is 3. The van der Waals surface area contributed by atoms with E-state index in [-0.39, 0.29) is 6.42 Å². The summed E-state index contributed by atoms with van der Waals surface area (Å²) in [7, 11) is 0. The van der Waals surface area contributed by atoms with Crippen molar-refractivity contribution >= 4 is 17.9 Å². The molecule has 0 aromatic heterocycles. The van der Waals surface area contributed by atoms with Crippen molar-refractivity contribution in [3.63, 3.8) is 0 Å². The number of aliphatic carboxylic acids is 3. The Labute approximate surface area is 115 Å². The van der Waals surface area contributed by atoms with E-state index in [1.807, 2.05) is 18.2 Å². The van der Waals surface area contributed by atoms with Crippen molar-refractivity contribution in [2.75, 3.05) is 0 Å². The van der Waals surface area contributed by atoms with Crippen molar-refractivity contribution in [3.8, 4) is 0 Å². The number of hydrogen-bond donors (Lipinski definition) is 3. The van der Waals surface area contributed by atoms with Crippen LogP contribution in [-0.4, -0.2) is 33.2 Å². The highest BCUT2D eigenvalue weighted by atomic mass is 16.4. The number of carbonyl (C=O) groups is 3. The van der Waals surface area contributed by atoms with Gasteiger partial charge in [0, 0.05) is 0 Å². The Morgan fingerprint density at radius 1 is 0.900 bits per heavy atom. The molecule has 0 radical (unpaired) electrons. The summed E-state index contributed by atoms with van der Waals surface area (Å²) in [6.07, 6.45) is -0.216. The Hall–Kier alpha value is -2.37. The topological polar surface area (TPSA) is 112 Å². The first-order valence-electron chi connectivity index (χ1n) is 6.13. The van der Waals surface area contributed by atoms with Gasteiger partial charge in [-0.15, -0.1) is 0 Å². The molecule has 0 saturated carbocycles. The molecule has 2 unspecified atom stereocenters. The van der Waals surface area contributed by atoms with Crippen LogP contribution in [0.25, 0.3) is 0 Å². The van der Waals surface area contributed by atoms with Gasteiger partial charge in [0.1, 0.15) is 0 Å². The van der Waals surface area contributed by atoms with E-state index in [1.165, 1.54) is 0 Å². The van der Waals surface area contributed by atoms with Gasteiger partial charge in [-0.1, -0.05) is 30.3 Å². The van der Waals surface area contributed by atoms with E-state index in [4.69, 9.17) is 15.3 Å². The van der Waals surface area contributed by atoms with Gasteiger partial charge in [-0.25, -0.2) is 0 Å². The van der Waals surface area contributed by atoms with Gasteiger partial charge in [-0.3, -0.25) is 14.4 Å². The molecule has 0 amide bonds. The van der Waals surface area contributed by atoms with E-state index in [0.717, 1.165) is 5.56 Å². The average Bonchev–Trinajstić information content (AvgIpc) is 2.38. The molecule has 6 nitrogen and oxygen atoms in total. The molecule has 6 heteroatoms. The summed E-state index contributed by atoms with van der Waals surface area (Å²) in [5, 5.41) is 26.8. The second kappa shape index (κ2) is 7.28. The van der Waals surface area contributed by atoms with Crippen LogP contribution in [0.3, 0.4) is 0 Å². The summed E-state index contributed by atoms with van der Waals surface area (Å²) in [5.74, 6) is -6.64. The van der Waals surface area contributed by atoms with Crippen molar-refractivity contribution in [2.24, 2.45) is 11.8 Å². The minimum Gasteiger partial charge on any atom is -0.481 e. The van der Waals surface area contributed by atoms with E-state index < -0.39 is 36.2 Å². The van der Waals surface area contributed by atoms with Gasteiger partial charge in [-0.2, -0.15) is 0 Å². The standard InChI is InChI=1S/C14H16O6/c15-12(16)8-11(14(19)20)10(13(17)18)7-6-9-4-2-1-3-5-9/h1-5,10-11H,6-8H2,(H,15,16)(H,17,18)(H,19,20). The number of rotatable bonds is 8. The Morgan fingerprint density at radius 2 is 1.45 bits per heavy atom. The highest BCUT2D eigenvalue weighted by Gasteiger charge is 2.35. The van der Waals surface area contributed by atoms with E-state index >= 15 is 0 Å². The van der Waals surface area contributed by atoms with E-state index in [2.05, 4.69) is 0 Å². The van der Waals surface area contributed by atoms with Gasteiger partial charge < -0.3 is 15.3 Å². The highest BCUT2D eigenvalue weighted by molar-refractivity contribution is 5.83. The molecule has 1 aromatic rings. The Balaban J connectivity index is 2.78. The van der Waals surface area contributed by atoms with Gasteiger partial charge in [0.25, 0.3) is 0 Å². The average molecular weight is 280 g/mol. The molecule has 0 spiro atoms. The molecule has 1 aromatic carbocycles. The fourth-order valence-corrected chi connectivity index (χ4v) is 2.05. The van der Waals surface area contributed by atoms with Crippen molar-refractivity contribution in [1.29, 1.82) is 0 Å². The fraction of sp³-hybridized carbons (Fsp3) is 0.357. The molecular formula is C14H16O6. The van der Waals surface area contributed by atoms with Crippen LogP contribution >= 0.6 is 0 Å². The quantitative estimate of drug-likeness (QED) is 0.665. The third-order valence-corrected chi connectivity index (χ3v) is 3.10. The number of hydrogen-bond acceptors (Lipinski definition) is 3. The molecule has 0 heterocycles.